The van der Waals surface area contributed by atoms with Crippen molar-refractivity contribution >= 4 is 0 Å². The van der Waals surface area contributed by atoms with Crippen LogP contribution in [0.25, 0.3) is 0 Å². The van der Waals surface area contributed by atoms with Crippen molar-refractivity contribution in [2.45, 2.75) is 50.6 Å². The quantitative estimate of drug-likeness (QED) is 0.655. The van der Waals surface area contributed by atoms with Crippen LogP contribution in [0, 0.1) is 0 Å². The molecule has 2 atom stereocenters. The molecule has 14 heavy (non-hydrogen) atoms. The number of rotatable bonds is 2. The first-order valence-electron chi connectivity index (χ1n) is 6.03. The van der Waals surface area contributed by atoms with Gasteiger partial charge in [-0.05, 0) is 44.3 Å². The highest BCUT2D eigenvalue weighted by Gasteiger charge is 2.23. The third-order valence-corrected chi connectivity index (χ3v) is 3.52. The maximum absolute atomic E-state index is 4.28. The molecule has 2 saturated heterocycles. The van der Waals surface area contributed by atoms with Gasteiger partial charge in [0.15, 0.2) is 0 Å². The van der Waals surface area contributed by atoms with Gasteiger partial charge in [0.1, 0.15) is 0 Å². The SMILES string of the molecule is C=C(C1CCCCN1)C1CCCCN1. The largest absolute Gasteiger partial charge is 0.310 e. The van der Waals surface area contributed by atoms with Crippen LogP contribution >= 0.6 is 0 Å². The molecular weight excluding hydrogens is 172 g/mol. The number of piperidine rings is 2. The molecular formula is C12H22N2. The van der Waals surface area contributed by atoms with Crippen molar-refractivity contribution in [3.63, 3.8) is 0 Å². The van der Waals surface area contributed by atoms with Crippen molar-refractivity contribution in [1.82, 2.24) is 10.6 Å². The highest BCUT2D eigenvalue weighted by atomic mass is 15.0. The predicted molar refractivity (Wildman–Crippen MR) is 60.4 cm³/mol. The first-order valence-corrected chi connectivity index (χ1v) is 6.03. The van der Waals surface area contributed by atoms with Gasteiger partial charge in [-0.15, -0.1) is 0 Å². The lowest BCUT2D eigenvalue weighted by Gasteiger charge is -2.33. The van der Waals surface area contributed by atoms with E-state index < -0.39 is 0 Å². The van der Waals surface area contributed by atoms with Gasteiger partial charge in [-0.3, -0.25) is 0 Å². The molecule has 2 heteroatoms. The Hall–Kier alpha value is -0.340. The van der Waals surface area contributed by atoms with Crippen LogP contribution in [0.5, 0.6) is 0 Å². The van der Waals surface area contributed by atoms with E-state index in [1.807, 2.05) is 0 Å². The molecule has 0 aromatic carbocycles. The molecule has 80 valence electrons. The molecule has 2 fully saturated rings. The molecule has 2 heterocycles. The Morgan fingerprint density at radius 1 is 0.857 bits per heavy atom. The second-order valence-electron chi connectivity index (χ2n) is 4.58. The third-order valence-electron chi connectivity index (χ3n) is 3.52. The lowest BCUT2D eigenvalue weighted by Crippen LogP contribution is -2.44. The highest BCUT2D eigenvalue weighted by Crippen LogP contribution is 2.21. The van der Waals surface area contributed by atoms with Gasteiger partial charge >= 0.3 is 0 Å². The molecule has 2 unspecified atom stereocenters. The molecule has 0 bridgehead atoms. The molecule has 0 aromatic heterocycles. The van der Waals surface area contributed by atoms with E-state index in [0.717, 1.165) is 0 Å². The second-order valence-corrected chi connectivity index (χ2v) is 4.58. The first kappa shape index (κ1) is 10.2. The standard InChI is InChI=1S/C12H22N2/c1-10(11-6-2-4-8-13-11)12-7-3-5-9-14-12/h11-14H,1-9H2. The van der Waals surface area contributed by atoms with E-state index in [1.54, 1.807) is 0 Å². The first-order chi connectivity index (χ1) is 6.88. The van der Waals surface area contributed by atoms with E-state index in [9.17, 15) is 0 Å². The van der Waals surface area contributed by atoms with Crippen molar-refractivity contribution < 1.29 is 0 Å². The van der Waals surface area contributed by atoms with Crippen LogP contribution < -0.4 is 10.6 Å². The van der Waals surface area contributed by atoms with E-state index in [-0.39, 0.29) is 0 Å². The van der Waals surface area contributed by atoms with Gasteiger partial charge in [-0.25, -0.2) is 0 Å². The van der Waals surface area contributed by atoms with Gasteiger partial charge in [0.2, 0.25) is 0 Å². The van der Waals surface area contributed by atoms with E-state index >= 15 is 0 Å². The minimum absolute atomic E-state index is 0.583. The highest BCUT2D eigenvalue weighted by molar-refractivity contribution is 5.15. The summed E-state index contributed by atoms with van der Waals surface area (Å²) in [6.45, 7) is 6.63. The summed E-state index contributed by atoms with van der Waals surface area (Å²) in [5.41, 5.74) is 1.41. The summed E-state index contributed by atoms with van der Waals surface area (Å²) in [5, 5.41) is 7.15. The van der Waals surface area contributed by atoms with Crippen molar-refractivity contribution in [1.29, 1.82) is 0 Å². The van der Waals surface area contributed by atoms with Crippen molar-refractivity contribution in [3.05, 3.63) is 12.2 Å². The van der Waals surface area contributed by atoms with Crippen molar-refractivity contribution in [2.24, 2.45) is 0 Å². The van der Waals surface area contributed by atoms with Gasteiger partial charge in [0.25, 0.3) is 0 Å². The average Bonchev–Trinajstić information content (AvgIpc) is 2.30. The Labute approximate surface area is 87.2 Å². The van der Waals surface area contributed by atoms with Gasteiger partial charge in [-0.1, -0.05) is 19.4 Å². The zero-order valence-electron chi connectivity index (χ0n) is 9.02. The fourth-order valence-corrected chi connectivity index (χ4v) is 2.58. The fourth-order valence-electron chi connectivity index (χ4n) is 2.58. The van der Waals surface area contributed by atoms with E-state index in [2.05, 4.69) is 17.2 Å². The summed E-state index contributed by atoms with van der Waals surface area (Å²) in [6, 6.07) is 1.17. The molecule has 0 radical (unpaired) electrons. The Morgan fingerprint density at radius 3 is 1.71 bits per heavy atom. The monoisotopic (exact) mass is 194 g/mol. The van der Waals surface area contributed by atoms with E-state index in [4.69, 9.17) is 0 Å². The average molecular weight is 194 g/mol. The second kappa shape index (κ2) is 4.94. The van der Waals surface area contributed by atoms with E-state index in [0.29, 0.717) is 12.1 Å². The minimum Gasteiger partial charge on any atom is -0.310 e. The van der Waals surface area contributed by atoms with Crippen LogP contribution in [-0.4, -0.2) is 25.2 Å². The Morgan fingerprint density at radius 2 is 1.36 bits per heavy atom. The van der Waals surface area contributed by atoms with Crippen LogP contribution in [0.15, 0.2) is 12.2 Å². The topological polar surface area (TPSA) is 24.1 Å². The van der Waals surface area contributed by atoms with Crippen LogP contribution in [0.3, 0.4) is 0 Å². The van der Waals surface area contributed by atoms with Crippen molar-refractivity contribution in [3.8, 4) is 0 Å². The lowest BCUT2D eigenvalue weighted by atomic mass is 9.89. The normalized spacial score (nSPS) is 34.0. The molecule has 0 saturated carbocycles. The van der Waals surface area contributed by atoms with Crippen LogP contribution in [0.1, 0.15) is 38.5 Å². The zero-order chi connectivity index (χ0) is 9.80. The van der Waals surface area contributed by atoms with Crippen LogP contribution in [0.2, 0.25) is 0 Å². The Kier molecular flexibility index (Phi) is 3.60. The Bertz CT molecular complexity index is 168. The smallest absolute Gasteiger partial charge is 0.0292 e. The fraction of sp³-hybridized carbons (Fsp3) is 0.833. The molecule has 0 aromatic rings. The predicted octanol–water partition coefficient (Wildman–Crippen LogP) is 1.83. The summed E-state index contributed by atoms with van der Waals surface area (Å²) in [4.78, 5) is 0. The van der Waals surface area contributed by atoms with Gasteiger partial charge in [0, 0.05) is 12.1 Å². The van der Waals surface area contributed by atoms with Crippen LogP contribution in [0.4, 0.5) is 0 Å². The molecule has 2 rings (SSSR count). The number of nitrogens with one attached hydrogen (secondary N) is 2. The molecule has 2 nitrogen and oxygen atoms in total. The van der Waals surface area contributed by atoms with Gasteiger partial charge in [0.05, 0.1) is 0 Å². The lowest BCUT2D eigenvalue weighted by molar-refractivity contribution is 0.376. The number of hydrogen-bond acceptors (Lipinski definition) is 2. The van der Waals surface area contributed by atoms with Gasteiger partial charge in [-0.2, -0.15) is 0 Å². The summed E-state index contributed by atoms with van der Waals surface area (Å²) < 4.78 is 0. The summed E-state index contributed by atoms with van der Waals surface area (Å²) >= 11 is 0. The molecule has 0 aliphatic carbocycles. The molecule has 0 spiro atoms. The maximum Gasteiger partial charge on any atom is 0.0292 e. The minimum atomic E-state index is 0.583. The van der Waals surface area contributed by atoms with E-state index in [1.165, 1.54) is 57.2 Å². The molecule has 2 aliphatic rings. The molecule has 2 aliphatic heterocycles. The third kappa shape index (κ3) is 2.37. The van der Waals surface area contributed by atoms with Gasteiger partial charge < -0.3 is 10.6 Å². The summed E-state index contributed by atoms with van der Waals surface area (Å²) in [7, 11) is 0. The van der Waals surface area contributed by atoms with Crippen molar-refractivity contribution in [2.75, 3.05) is 13.1 Å². The summed E-state index contributed by atoms with van der Waals surface area (Å²) in [6.07, 6.45) is 7.98. The molecule has 0 amide bonds. The zero-order valence-corrected chi connectivity index (χ0v) is 9.02. The molecule has 2 N–H and O–H groups in total. The Balaban J connectivity index is 1.85. The maximum atomic E-state index is 4.28. The number of hydrogen-bond donors (Lipinski definition) is 2. The summed E-state index contributed by atoms with van der Waals surface area (Å²) in [5.74, 6) is 0. The van der Waals surface area contributed by atoms with Crippen LogP contribution in [-0.2, 0) is 0 Å².